The van der Waals surface area contributed by atoms with Gasteiger partial charge in [0, 0.05) is 16.7 Å². The lowest BCUT2D eigenvalue weighted by Gasteiger charge is -2.06. The first kappa shape index (κ1) is 15.4. The van der Waals surface area contributed by atoms with E-state index in [1.165, 1.54) is 6.07 Å². The van der Waals surface area contributed by atoms with E-state index in [1.807, 2.05) is 12.1 Å². The predicted octanol–water partition coefficient (Wildman–Crippen LogP) is 2.32. The lowest BCUT2D eigenvalue weighted by molar-refractivity contribution is -0.659. The molecule has 110 valence electrons. The summed E-state index contributed by atoms with van der Waals surface area (Å²) in [7, 11) is 0. The van der Waals surface area contributed by atoms with E-state index >= 15 is 0 Å². The van der Waals surface area contributed by atoms with E-state index in [9.17, 15) is 13.6 Å². The monoisotopic (exact) mass is 311 g/mol. The summed E-state index contributed by atoms with van der Waals surface area (Å²) in [5, 5.41) is 4.83. The molecule has 0 bridgehead atoms. The van der Waals surface area contributed by atoms with E-state index in [2.05, 4.69) is 5.32 Å². The number of carbonyl (C=O) groups excluding carboxylic acids is 1. The number of nitrogens with one attached hydrogen (secondary N) is 1. The maximum Gasteiger partial charge on any atom is 0.279 e. The second-order valence-electron chi connectivity index (χ2n) is 4.50. The molecule has 0 spiro atoms. The van der Waals surface area contributed by atoms with Crippen LogP contribution >= 0.6 is 11.6 Å². The van der Waals surface area contributed by atoms with Crippen molar-refractivity contribution >= 4 is 23.2 Å². The van der Waals surface area contributed by atoms with Crippen LogP contribution in [0.4, 0.5) is 14.5 Å². The SMILES string of the molecule is O=C(C[NH2+]Cc1ccc(Cl)cc1)Nc1ccc(F)cc1F. The lowest BCUT2D eigenvalue weighted by Crippen LogP contribution is -2.84. The molecule has 0 heterocycles. The average Bonchev–Trinajstić information content (AvgIpc) is 2.44. The molecule has 0 aromatic heterocycles. The van der Waals surface area contributed by atoms with Crippen molar-refractivity contribution in [1.82, 2.24) is 0 Å². The van der Waals surface area contributed by atoms with Crippen molar-refractivity contribution in [1.29, 1.82) is 0 Å². The summed E-state index contributed by atoms with van der Waals surface area (Å²) in [6.45, 7) is 0.746. The van der Waals surface area contributed by atoms with Crippen LogP contribution in [0.15, 0.2) is 42.5 Å². The van der Waals surface area contributed by atoms with Crippen LogP contribution in [0.2, 0.25) is 5.02 Å². The number of hydrogen-bond acceptors (Lipinski definition) is 1. The highest BCUT2D eigenvalue weighted by molar-refractivity contribution is 6.30. The molecule has 2 rings (SSSR count). The van der Waals surface area contributed by atoms with E-state index in [0.717, 1.165) is 17.7 Å². The van der Waals surface area contributed by atoms with Gasteiger partial charge < -0.3 is 10.6 Å². The van der Waals surface area contributed by atoms with Crippen molar-refractivity contribution < 1.29 is 18.9 Å². The minimum absolute atomic E-state index is 0.0266. The second-order valence-corrected chi connectivity index (χ2v) is 4.93. The van der Waals surface area contributed by atoms with Crippen LogP contribution in [0.25, 0.3) is 0 Å². The first-order valence-electron chi connectivity index (χ1n) is 6.35. The maximum absolute atomic E-state index is 13.4. The van der Waals surface area contributed by atoms with Gasteiger partial charge in [-0.2, -0.15) is 0 Å². The molecule has 0 saturated carbocycles. The van der Waals surface area contributed by atoms with Gasteiger partial charge in [0.15, 0.2) is 6.54 Å². The number of carbonyl (C=O) groups is 1. The Morgan fingerprint density at radius 3 is 2.52 bits per heavy atom. The third kappa shape index (κ3) is 4.81. The first-order valence-corrected chi connectivity index (χ1v) is 6.73. The molecule has 0 saturated heterocycles. The fourth-order valence-electron chi connectivity index (χ4n) is 1.78. The van der Waals surface area contributed by atoms with Gasteiger partial charge >= 0.3 is 0 Å². The minimum Gasteiger partial charge on any atom is -0.335 e. The zero-order valence-corrected chi connectivity index (χ0v) is 11.8. The standard InChI is InChI=1S/C15H13ClF2N2O/c16-11-3-1-10(2-4-11)8-19-9-15(21)20-14-6-5-12(17)7-13(14)18/h1-7,19H,8-9H2,(H,20,21)/p+1. The molecular weight excluding hydrogens is 298 g/mol. The molecular formula is C15H14ClF2N2O+. The van der Waals surface area contributed by atoms with Crippen molar-refractivity contribution in [2.24, 2.45) is 0 Å². The normalized spacial score (nSPS) is 10.4. The van der Waals surface area contributed by atoms with Gasteiger partial charge in [0.25, 0.3) is 5.91 Å². The van der Waals surface area contributed by atoms with Gasteiger partial charge in [-0.1, -0.05) is 23.7 Å². The lowest BCUT2D eigenvalue weighted by atomic mass is 10.2. The molecule has 0 unspecified atom stereocenters. The summed E-state index contributed by atoms with van der Waals surface area (Å²) in [5.74, 6) is -1.82. The Balaban J connectivity index is 1.81. The largest absolute Gasteiger partial charge is 0.335 e. The van der Waals surface area contributed by atoms with Gasteiger partial charge in [-0.25, -0.2) is 8.78 Å². The van der Waals surface area contributed by atoms with Crippen molar-refractivity contribution in [2.45, 2.75) is 6.54 Å². The highest BCUT2D eigenvalue weighted by Gasteiger charge is 2.09. The van der Waals surface area contributed by atoms with E-state index in [0.29, 0.717) is 11.6 Å². The maximum atomic E-state index is 13.4. The van der Waals surface area contributed by atoms with Gasteiger partial charge in [-0.3, -0.25) is 4.79 Å². The zero-order chi connectivity index (χ0) is 15.2. The smallest absolute Gasteiger partial charge is 0.279 e. The van der Waals surface area contributed by atoms with Crippen LogP contribution in [0.1, 0.15) is 5.56 Å². The van der Waals surface area contributed by atoms with Crippen molar-refractivity contribution in [2.75, 3.05) is 11.9 Å². The number of hydrogen-bond donors (Lipinski definition) is 2. The number of quaternary nitrogens is 1. The second kappa shape index (κ2) is 7.15. The zero-order valence-electron chi connectivity index (χ0n) is 11.1. The van der Waals surface area contributed by atoms with Crippen LogP contribution in [0.5, 0.6) is 0 Å². The van der Waals surface area contributed by atoms with Crippen molar-refractivity contribution in [3.8, 4) is 0 Å². The van der Waals surface area contributed by atoms with Gasteiger partial charge in [0.2, 0.25) is 0 Å². The Kier molecular flexibility index (Phi) is 5.25. The summed E-state index contributed by atoms with van der Waals surface area (Å²) >= 11 is 5.78. The molecule has 0 atom stereocenters. The first-order chi connectivity index (χ1) is 10.0. The van der Waals surface area contributed by atoms with Crippen LogP contribution in [-0.4, -0.2) is 12.5 Å². The molecule has 0 aliphatic carbocycles. The summed E-state index contributed by atoms with van der Waals surface area (Å²) in [6, 6.07) is 10.3. The molecule has 2 aromatic carbocycles. The van der Waals surface area contributed by atoms with Crippen LogP contribution in [-0.2, 0) is 11.3 Å². The Labute approximate surface area is 125 Å². The molecule has 2 aromatic rings. The molecule has 6 heteroatoms. The summed E-state index contributed by atoms with van der Waals surface area (Å²) in [5.41, 5.74) is 1.00. The molecule has 0 radical (unpaired) electrons. The van der Waals surface area contributed by atoms with Gasteiger partial charge in [-0.05, 0) is 24.3 Å². The molecule has 0 fully saturated rings. The number of rotatable bonds is 5. The molecule has 3 N–H and O–H groups in total. The van der Waals surface area contributed by atoms with E-state index in [1.54, 1.807) is 17.4 Å². The Morgan fingerprint density at radius 2 is 1.86 bits per heavy atom. The molecule has 1 amide bonds. The van der Waals surface area contributed by atoms with Gasteiger partial charge in [-0.15, -0.1) is 0 Å². The summed E-state index contributed by atoms with van der Waals surface area (Å²) in [4.78, 5) is 11.7. The summed E-state index contributed by atoms with van der Waals surface area (Å²) < 4.78 is 26.1. The van der Waals surface area contributed by atoms with E-state index in [-0.39, 0.29) is 18.1 Å². The fraction of sp³-hybridized carbons (Fsp3) is 0.133. The minimum atomic E-state index is -0.791. The number of amides is 1. The highest BCUT2D eigenvalue weighted by atomic mass is 35.5. The highest BCUT2D eigenvalue weighted by Crippen LogP contribution is 2.14. The number of benzene rings is 2. The Hall–Kier alpha value is -1.98. The van der Waals surface area contributed by atoms with Crippen molar-refractivity contribution in [3.05, 3.63) is 64.7 Å². The van der Waals surface area contributed by atoms with Gasteiger partial charge in [0.1, 0.15) is 18.2 Å². The number of halogens is 3. The molecule has 21 heavy (non-hydrogen) atoms. The Morgan fingerprint density at radius 1 is 1.14 bits per heavy atom. The van der Waals surface area contributed by atoms with Crippen LogP contribution in [0, 0.1) is 11.6 Å². The van der Waals surface area contributed by atoms with E-state index in [4.69, 9.17) is 11.6 Å². The van der Waals surface area contributed by atoms with Crippen LogP contribution in [0.3, 0.4) is 0 Å². The number of nitrogens with two attached hydrogens (primary N) is 1. The third-order valence-electron chi connectivity index (χ3n) is 2.83. The fourth-order valence-corrected chi connectivity index (χ4v) is 1.91. The molecule has 0 aliphatic rings. The predicted molar refractivity (Wildman–Crippen MR) is 76.9 cm³/mol. The van der Waals surface area contributed by atoms with E-state index < -0.39 is 11.6 Å². The van der Waals surface area contributed by atoms with Crippen LogP contribution < -0.4 is 10.6 Å². The molecule has 3 nitrogen and oxygen atoms in total. The Bertz CT molecular complexity index is 632. The molecule has 0 aliphatic heterocycles. The third-order valence-corrected chi connectivity index (χ3v) is 3.08. The topological polar surface area (TPSA) is 45.7 Å². The summed E-state index contributed by atoms with van der Waals surface area (Å²) in [6.07, 6.45) is 0. The average molecular weight is 312 g/mol. The van der Waals surface area contributed by atoms with Crippen molar-refractivity contribution in [3.63, 3.8) is 0 Å². The quantitative estimate of drug-likeness (QED) is 0.874. The van der Waals surface area contributed by atoms with Gasteiger partial charge in [0.05, 0.1) is 5.69 Å². The number of anilines is 1.